The molecule has 10 rings (SSSR count). The number of aliphatic imine (C=N–C) groups is 1. The molecule has 0 saturated carbocycles. The fraction of sp³-hybridized carbons (Fsp3) is 0.0185. The lowest BCUT2D eigenvalue weighted by molar-refractivity contribution is 0.981. The number of benzene rings is 10. The monoisotopic (exact) mass is 714 g/mol. The van der Waals surface area contributed by atoms with Gasteiger partial charge in [-0.25, -0.2) is 0 Å². The van der Waals surface area contributed by atoms with Crippen molar-refractivity contribution in [3.05, 3.63) is 212 Å². The van der Waals surface area contributed by atoms with Crippen molar-refractivity contribution in [3.63, 3.8) is 0 Å². The normalized spacial score (nSPS) is 11.4. The highest BCUT2D eigenvalue weighted by molar-refractivity contribution is 6.21. The molecule has 0 amide bonds. The van der Waals surface area contributed by atoms with Gasteiger partial charge >= 0.3 is 0 Å². The Kier molecular flexibility index (Phi) is 8.42. The van der Waals surface area contributed by atoms with E-state index in [4.69, 9.17) is 0 Å². The summed E-state index contributed by atoms with van der Waals surface area (Å²) >= 11 is 0. The number of anilines is 2. The van der Waals surface area contributed by atoms with Gasteiger partial charge in [-0.1, -0.05) is 176 Å². The van der Waals surface area contributed by atoms with Gasteiger partial charge in [0.1, 0.15) is 0 Å². The van der Waals surface area contributed by atoms with Gasteiger partial charge in [0, 0.05) is 17.6 Å². The predicted molar refractivity (Wildman–Crippen MR) is 241 cm³/mol. The fourth-order valence-corrected chi connectivity index (χ4v) is 8.62. The third-order valence-electron chi connectivity index (χ3n) is 11.1. The lowest BCUT2D eigenvalue weighted by atomic mass is 9.85. The maximum absolute atomic E-state index is 4.69. The summed E-state index contributed by atoms with van der Waals surface area (Å²) in [5.74, 6) is 0. The molecule has 0 spiro atoms. The molecule has 0 atom stereocenters. The summed E-state index contributed by atoms with van der Waals surface area (Å²) in [5.41, 5.74) is 11.4. The number of para-hydroxylation sites is 1. The van der Waals surface area contributed by atoms with Crippen LogP contribution in [0, 0.1) is 0 Å². The van der Waals surface area contributed by atoms with Crippen molar-refractivity contribution in [1.29, 1.82) is 0 Å². The Bertz CT molecular complexity index is 3020. The molecule has 0 aliphatic carbocycles. The second kappa shape index (κ2) is 14.2. The Morgan fingerprint density at radius 2 is 0.911 bits per heavy atom. The predicted octanol–water partition coefficient (Wildman–Crippen LogP) is 15.0. The largest absolute Gasteiger partial charge is 0.335 e. The molecule has 10 aromatic carbocycles. The number of hydrogen-bond acceptors (Lipinski definition) is 2. The molecular formula is C54H38N2. The Morgan fingerprint density at radius 3 is 1.55 bits per heavy atom. The van der Waals surface area contributed by atoms with Crippen LogP contribution in [0.2, 0.25) is 0 Å². The van der Waals surface area contributed by atoms with Gasteiger partial charge in [-0.2, -0.15) is 0 Å². The highest BCUT2D eigenvalue weighted by atomic mass is 15.1. The summed E-state index contributed by atoms with van der Waals surface area (Å²) in [4.78, 5) is 7.09. The molecule has 0 aliphatic heterocycles. The van der Waals surface area contributed by atoms with E-state index in [1.165, 1.54) is 65.5 Å². The van der Waals surface area contributed by atoms with E-state index >= 15 is 0 Å². The zero-order valence-corrected chi connectivity index (χ0v) is 30.9. The van der Waals surface area contributed by atoms with Gasteiger partial charge in [0.15, 0.2) is 0 Å². The van der Waals surface area contributed by atoms with Crippen molar-refractivity contribution < 1.29 is 0 Å². The summed E-state index contributed by atoms with van der Waals surface area (Å²) in [7, 11) is 0. The molecule has 0 fully saturated rings. The maximum Gasteiger partial charge on any atom is 0.0872 e. The summed E-state index contributed by atoms with van der Waals surface area (Å²) in [6, 6.07) is 74.4. The SMILES string of the molecule is C=Nc1cc(-c2ccccc2)c2ccccc2c1N(Cc1cccc(-c2c3ccccc3c(-c3ccc4ccccc4c3)c3ccccc23)c1)c1ccccc1. The molecule has 0 radical (unpaired) electrons. The summed E-state index contributed by atoms with van der Waals surface area (Å²) < 4.78 is 0. The molecule has 0 saturated heterocycles. The van der Waals surface area contributed by atoms with E-state index < -0.39 is 0 Å². The van der Waals surface area contributed by atoms with Crippen LogP contribution in [0.3, 0.4) is 0 Å². The van der Waals surface area contributed by atoms with E-state index in [0.717, 1.165) is 33.6 Å². The van der Waals surface area contributed by atoms with Crippen molar-refractivity contribution >= 4 is 66.9 Å². The van der Waals surface area contributed by atoms with Crippen molar-refractivity contribution in [2.24, 2.45) is 4.99 Å². The maximum atomic E-state index is 4.69. The Morgan fingerprint density at radius 1 is 0.393 bits per heavy atom. The van der Waals surface area contributed by atoms with Crippen LogP contribution in [0.1, 0.15) is 5.56 Å². The van der Waals surface area contributed by atoms with E-state index in [1.54, 1.807) is 0 Å². The zero-order chi connectivity index (χ0) is 37.4. The van der Waals surface area contributed by atoms with Crippen LogP contribution in [-0.4, -0.2) is 6.72 Å². The first-order valence-electron chi connectivity index (χ1n) is 19.2. The van der Waals surface area contributed by atoms with Gasteiger partial charge in [-0.3, -0.25) is 4.99 Å². The van der Waals surface area contributed by atoms with Crippen molar-refractivity contribution in [2.75, 3.05) is 4.90 Å². The van der Waals surface area contributed by atoms with E-state index in [9.17, 15) is 0 Å². The minimum absolute atomic E-state index is 0.639. The quantitative estimate of drug-likeness (QED) is 0.113. The number of fused-ring (bicyclic) bond motifs is 4. The molecule has 0 unspecified atom stereocenters. The highest BCUT2D eigenvalue weighted by Crippen LogP contribution is 2.47. The van der Waals surface area contributed by atoms with Gasteiger partial charge in [0.05, 0.1) is 11.4 Å². The average Bonchev–Trinajstić information content (AvgIpc) is 3.27. The average molecular weight is 715 g/mol. The molecule has 0 N–H and O–H groups in total. The second-order valence-corrected chi connectivity index (χ2v) is 14.4. The Labute approximate surface area is 327 Å². The van der Waals surface area contributed by atoms with E-state index in [2.05, 4.69) is 223 Å². The molecule has 10 aromatic rings. The molecule has 0 aromatic heterocycles. The smallest absolute Gasteiger partial charge is 0.0872 e. The summed E-state index contributed by atoms with van der Waals surface area (Å²) in [6.45, 7) is 4.73. The molecule has 0 aliphatic rings. The molecule has 0 bridgehead atoms. The summed E-state index contributed by atoms with van der Waals surface area (Å²) in [6.07, 6.45) is 0. The number of hydrogen-bond donors (Lipinski definition) is 0. The molecule has 2 nitrogen and oxygen atoms in total. The minimum Gasteiger partial charge on any atom is -0.335 e. The molecular weight excluding hydrogens is 677 g/mol. The van der Waals surface area contributed by atoms with Crippen molar-refractivity contribution in [1.82, 2.24) is 0 Å². The van der Waals surface area contributed by atoms with Gasteiger partial charge in [0.2, 0.25) is 0 Å². The van der Waals surface area contributed by atoms with Crippen LogP contribution in [0.5, 0.6) is 0 Å². The lowest BCUT2D eigenvalue weighted by Crippen LogP contribution is -2.17. The van der Waals surface area contributed by atoms with E-state index in [1.807, 2.05) is 0 Å². The Hall–Kier alpha value is -7.29. The van der Waals surface area contributed by atoms with Crippen LogP contribution >= 0.6 is 0 Å². The number of nitrogens with zero attached hydrogens (tertiary/aromatic N) is 2. The van der Waals surface area contributed by atoms with Crippen LogP contribution in [-0.2, 0) is 6.54 Å². The van der Waals surface area contributed by atoms with Crippen LogP contribution in [0.4, 0.5) is 17.1 Å². The minimum atomic E-state index is 0.639. The van der Waals surface area contributed by atoms with Gasteiger partial charge in [0.25, 0.3) is 0 Å². The van der Waals surface area contributed by atoms with Gasteiger partial charge in [-0.05, 0) is 114 Å². The first-order valence-corrected chi connectivity index (χ1v) is 19.2. The molecule has 264 valence electrons. The number of rotatable bonds is 8. The van der Waals surface area contributed by atoms with Crippen LogP contribution in [0.25, 0.3) is 76.5 Å². The van der Waals surface area contributed by atoms with Crippen molar-refractivity contribution in [3.8, 4) is 33.4 Å². The third-order valence-corrected chi connectivity index (χ3v) is 11.1. The zero-order valence-electron chi connectivity index (χ0n) is 30.9. The summed E-state index contributed by atoms with van der Waals surface area (Å²) in [5, 5.41) is 9.80. The molecule has 0 heterocycles. The topological polar surface area (TPSA) is 15.6 Å². The van der Waals surface area contributed by atoms with Crippen molar-refractivity contribution in [2.45, 2.75) is 6.54 Å². The first-order chi connectivity index (χ1) is 27.7. The van der Waals surface area contributed by atoms with Crippen LogP contribution in [0.15, 0.2) is 211 Å². The highest BCUT2D eigenvalue weighted by Gasteiger charge is 2.22. The lowest BCUT2D eigenvalue weighted by Gasteiger charge is -2.29. The van der Waals surface area contributed by atoms with Gasteiger partial charge in [-0.15, -0.1) is 0 Å². The fourth-order valence-electron chi connectivity index (χ4n) is 8.62. The Balaban J connectivity index is 1.15. The standard InChI is InChI=1S/C54H38N2/c1-55-51-35-50(39-19-4-2-5-20-39)44-25-10-15-30-49(44)54(51)56(43-23-6-3-7-24-43)36-37-17-16-22-41(33-37)52-45-26-11-13-28-47(45)53(48-29-14-12-27-46(48)52)42-32-31-38-18-8-9-21-40(38)34-42/h2-35H,1,36H2. The third kappa shape index (κ3) is 5.80. The molecule has 56 heavy (non-hydrogen) atoms. The van der Waals surface area contributed by atoms with E-state index in [-0.39, 0.29) is 0 Å². The van der Waals surface area contributed by atoms with Gasteiger partial charge < -0.3 is 4.90 Å². The van der Waals surface area contributed by atoms with Crippen LogP contribution < -0.4 is 4.90 Å². The molecule has 2 heteroatoms. The van der Waals surface area contributed by atoms with E-state index in [0.29, 0.717) is 6.54 Å². The first kappa shape index (κ1) is 33.3. The second-order valence-electron chi connectivity index (χ2n) is 14.4.